The maximum absolute atomic E-state index is 12.2. The number of carbonyl (C=O) groups excluding carboxylic acids is 1. The molecule has 0 radical (unpaired) electrons. The van der Waals surface area contributed by atoms with Crippen molar-refractivity contribution in [1.29, 1.82) is 0 Å². The highest BCUT2D eigenvalue weighted by Crippen LogP contribution is 2.24. The van der Waals surface area contributed by atoms with Crippen LogP contribution in [0.25, 0.3) is 0 Å². The third-order valence-electron chi connectivity index (χ3n) is 4.13. The number of benzene rings is 1. The van der Waals surface area contributed by atoms with Crippen LogP contribution < -0.4 is 11.1 Å². The Kier molecular flexibility index (Phi) is 5.55. The number of hydrogen-bond acceptors (Lipinski definition) is 2. The lowest BCUT2D eigenvalue weighted by Gasteiger charge is -2.25. The molecule has 2 atom stereocenters. The van der Waals surface area contributed by atoms with Gasteiger partial charge in [0.05, 0.1) is 5.41 Å². The van der Waals surface area contributed by atoms with E-state index in [0.717, 1.165) is 18.5 Å². The van der Waals surface area contributed by atoms with Gasteiger partial charge < -0.3 is 11.1 Å². The molecule has 19 heavy (non-hydrogen) atoms. The van der Waals surface area contributed by atoms with Gasteiger partial charge in [0.25, 0.3) is 0 Å². The van der Waals surface area contributed by atoms with Crippen LogP contribution in [0.4, 0.5) is 5.69 Å². The zero-order chi connectivity index (χ0) is 14.5. The van der Waals surface area contributed by atoms with Gasteiger partial charge in [0.15, 0.2) is 0 Å². The van der Waals surface area contributed by atoms with E-state index in [0.29, 0.717) is 12.5 Å². The van der Waals surface area contributed by atoms with E-state index < -0.39 is 5.41 Å². The van der Waals surface area contributed by atoms with Crippen molar-refractivity contribution in [1.82, 2.24) is 0 Å². The summed E-state index contributed by atoms with van der Waals surface area (Å²) < 4.78 is 0. The minimum Gasteiger partial charge on any atom is -0.329 e. The van der Waals surface area contributed by atoms with E-state index in [1.54, 1.807) is 0 Å². The molecule has 2 unspecified atom stereocenters. The number of hydrogen-bond donors (Lipinski definition) is 2. The molecule has 0 spiro atoms. The molecule has 0 bridgehead atoms. The Morgan fingerprint density at radius 1 is 1.32 bits per heavy atom. The summed E-state index contributed by atoms with van der Waals surface area (Å²) in [7, 11) is 0. The van der Waals surface area contributed by atoms with E-state index in [1.807, 2.05) is 26.0 Å². The van der Waals surface area contributed by atoms with Gasteiger partial charge in [-0.3, -0.25) is 4.79 Å². The quantitative estimate of drug-likeness (QED) is 0.824. The monoisotopic (exact) mass is 262 g/mol. The van der Waals surface area contributed by atoms with Crippen molar-refractivity contribution in [2.45, 2.75) is 46.5 Å². The van der Waals surface area contributed by atoms with Crippen LogP contribution in [0.3, 0.4) is 0 Å². The lowest BCUT2D eigenvalue weighted by molar-refractivity contribution is -0.124. The largest absolute Gasteiger partial charge is 0.329 e. The summed E-state index contributed by atoms with van der Waals surface area (Å²) in [5.41, 5.74) is 7.34. The number of amides is 1. The fraction of sp³-hybridized carbons (Fsp3) is 0.562. The molecule has 0 fully saturated rings. The molecule has 0 saturated heterocycles. The van der Waals surface area contributed by atoms with Crippen molar-refractivity contribution in [3.63, 3.8) is 0 Å². The fourth-order valence-corrected chi connectivity index (χ4v) is 1.81. The van der Waals surface area contributed by atoms with Gasteiger partial charge in [-0.25, -0.2) is 0 Å². The predicted octanol–water partition coefficient (Wildman–Crippen LogP) is 3.51. The number of anilines is 1. The van der Waals surface area contributed by atoms with Crippen LogP contribution in [-0.4, -0.2) is 12.5 Å². The van der Waals surface area contributed by atoms with Crippen LogP contribution in [0.15, 0.2) is 24.3 Å². The third kappa shape index (κ3) is 3.80. The van der Waals surface area contributed by atoms with Crippen molar-refractivity contribution in [2.75, 3.05) is 11.9 Å². The number of nitrogens with two attached hydrogens (primary N) is 1. The zero-order valence-electron chi connectivity index (χ0n) is 12.5. The number of nitrogens with one attached hydrogen (secondary N) is 1. The maximum Gasteiger partial charge on any atom is 0.231 e. The van der Waals surface area contributed by atoms with E-state index in [4.69, 9.17) is 5.73 Å². The zero-order valence-corrected chi connectivity index (χ0v) is 12.5. The average Bonchev–Trinajstić information content (AvgIpc) is 2.46. The van der Waals surface area contributed by atoms with Crippen molar-refractivity contribution in [3.8, 4) is 0 Å². The molecule has 1 rings (SSSR count). The van der Waals surface area contributed by atoms with Crippen LogP contribution in [0, 0.1) is 5.41 Å². The summed E-state index contributed by atoms with van der Waals surface area (Å²) in [5.74, 6) is 0.545. The first-order valence-corrected chi connectivity index (χ1v) is 7.08. The first-order valence-electron chi connectivity index (χ1n) is 7.08. The highest BCUT2D eigenvalue weighted by atomic mass is 16.2. The van der Waals surface area contributed by atoms with E-state index in [-0.39, 0.29) is 5.91 Å². The number of carbonyl (C=O) groups is 1. The molecule has 0 saturated carbocycles. The van der Waals surface area contributed by atoms with Gasteiger partial charge in [-0.2, -0.15) is 0 Å². The lowest BCUT2D eigenvalue weighted by Crippen LogP contribution is -2.39. The normalized spacial score (nSPS) is 15.6. The van der Waals surface area contributed by atoms with Crippen LogP contribution in [0.1, 0.15) is 52.0 Å². The molecule has 1 aromatic carbocycles. The van der Waals surface area contributed by atoms with E-state index in [9.17, 15) is 4.79 Å². The summed E-state index contributed by atoms with van der Waals surface area (Å²) in [4.78, 5) is 12.2. The van der Waals surface area contributed by atoms with Gasteiger partial charge in [0.2, 0.25) is 5.91 Å². The molecule has 3 nitrogen and oxygen atoms in total. The van der Waals surface area contributed by atoms with Gasteiger partial charge in [0, 0.05) is 12.2 Å². The highest BCUT2D eigenvalue weighted by molar-refractivity contribution is 5.95. The minimum absolute atomic E-state index is 0.00575. The topological polar surface area (TPSA) is 55.1 Å². The standard InChI is InChI=1S/C16H26N2O/c1-5-12(3)13-7-9-14(10-8-13)18-15(19)16(4,6-2)11-17/h7-10,12H,5-6,11,17H2,1-4H3,(H,18,19). The van der Waals surface area contributed by atoms with Gasteiger partial charge >= 0.3 is 0 Å². The molecule has 0 aliphatic rings. The molecule has 0 aliphatic heterocycles. The van der Waals surface area contributed by atoms with E-state index >= 15 is 0 Å². The Morgan fingerprint density at radius 2 is 1.89 bits per heavy atom. The SMILES string of the molecule is CCC(C)c1ccc(NC(=O)C(C)(CC)CN)cc1. The van der Waals surface area contributed by atoms with Crippen LogP contribution in [-0.2, 0) is 4.79 Å². The van der Waals surface area contributed by atoms with Gasteiger partial charge in [-0.1, -0.05) is 32.9 Å². The summed E-state index contributed by atoms with van der Waals surface area (Å²) >= 11 is 0. The van der Waals surface area contributed by atoms with E-state index in [1.165, 1.54) is 5.56 Å². The molecule has 106 valence electrons. The number of rotatable bonds is 6. The Hall–Kier alpha value is -1.35. The summed E-state index contributed by atoms with van der Waals surface area (Å²) in [6, 6.07) is 8.09. The predicted molar refractivity (Wildman–Crippen MR) is 81.2 cm³/mol. The molecule has 0 heterocycles. The third-order valence-corrected chi connectivity index (χ3v) is 4.13. The van der Waals surface area contributed by atoms with Crippen LogP contribution in [0.5, 0.6) is 0 Å². The molecule has 0 aliphatic carbocycles. The fourth-order valence-electron chi connectivity index (χ4n) is 1.81. The molecule has 0 aromatic heterocycles. The average molecular weight is 262 g/mol. The van der Waals surface area contributed by atoms with Crippen molar-refractivity contribution in [2.24, 2.45) is 11.1 Å². The second kappa shape index (κ2) is 6.71. The Balaban J connectivity index is 2.76. The summed E-state index contributed by atoms with van der Waals surface area (Å²) in [6.07, 6.45) is 1.85. The van der Waals surface area contributed by atoms with Crippen LogP contribution >= 0.6 is 0 Å². The Labute approximate surface area is 116 Å². The van der Waals surface area contributed by atoms with Crippen molar-refractivity contribution in [3.05, 3.63) is 29.8 Å². The van der Waals surface area contributed by atoms with Crippen molar-refractivity contribution < 1.29 is 4.79 Å². The minimum atomic E-state index is -0.491. The summed E-state index contributed by atoms with van der Waals surface area (Å²) in [6.45, 7) is 8.62. The van der Waals surface area contributed by atoms with Crippen molar-refractivity contribution >= 4 is 11.6 Å². The lowest BCUT2D eigenvalue weighted by atomic mass is 9.86. The molecule has 3 heteroatoms. The summed E-state index contributed by atoms with van der Waals surface area (Å²) in [5, 5.41) is 2.95. The molecular formula is C16H26N2O. The molecule has 1 aromatic rings. The smallest absolute Gasteiger partial charge is 0.231 e. The van der Waals surface area contributed by atoms with Crippen LogP contribution in [0.2, 0.25) is 0 Å². The van der Waals surface area contributed by atoms with Gasteiger partial charge in [-0.05, 0) is 43.4 Å². The Morgan fingerprint density at radius 3 is 2.32 bits per heavy atom. The Bertz CT molecular complexity index is 407. The van der Waals surface area contributed by atoms with E-state index in [2.05, 4.69) is 31.3 Å². The maximum atomic E-state index is 12.2. The molecule has 3 N–H and O–H groups in total. The molecule has 1 amide bonds. The highest BCUT2D eigenvalue weighted by Gasteiger charge is 2.29. The van der Waals surface area contributed by atoms with Gasteiger partial charge in [-0.15, -0.1) is 0 Å². The second-order valence-electron chi connectivity index (χ2n) is 5.50. The second-order valence-corrected chi connectivity index (χ2v) is 5.50. The molecular weight excluding hydrogens is 236 g/mol. The first kappa shape index (κ1) is 15.7. The first-order chi connectivity index (χ1) is 8.96. The van der Waals surface area contributed by atoms with Gasteiger partial charge in [0.1, 0.15) is 0 Å².